The van der Waals surface area contributed by atoms with Crippen LogP contribution in [-0.2, 0) is 5.41 Å². The summed E-state index contributed by atoms with van der Waals surface area (Å²) in [5.74, 6) is 0. The molecule has 0 saturated carbocycles. The summed E-state index contributed by atoms with van der Waals surface area (Å²) in [5, 5.41) is 3.62. The number of aromatic nitrogens is 1. The molecule has 1 aromatic heterocycles. The van der Waals surface area contributed by atoms with E-state index in [4.69, 9.17) is 0 Å². The molecule has 0 unspecified atom stereocenters. The van der Waals surface area contributed by atoms with Gasteiger partial charge in [-0.25, -0.2) is 0 Å². The summed E-state index contributed by atoms with van der Waals surface area (Å²) in [6, 6.07) is 4.31. The van der Waals surface area contributed by atoms with E-state index in [9.17, 15) is 0 Å². The summed E-state index contributed by atoms with van der Waals surface area (Å²) < 4.78 is 0. The second-order valence-corrected chi connectivity index (χ2v) is 5.20. The predicted molar refractivity (Wildman–Crippen MR) is 78.9 cm³/mol. The average molecular weight is 248 g/mol. The van der Waals surface area contributed by atoms with Gasteiger partial charge in [-0.1, -0.05) is 39.7 Å². The van der Waals surface area contributed by atoms with Crippen LogP contribution in [0.3, 0.4) is 0 Å². The van der Waals surface area contributed by atoms with Crippen molar-refractivity contribution < 1.29 is 0 Å². The molecule has 2 heteroatoms. The number of hydrogen-bond donors (Lipinski definition) is 1. The molecule has 0 fully saturated rings. The quantitative estimate of drug-likeness (QED) is 0.670. The first-order chi connectivity index (χ1) is 8.79. The lowest BCUT2D eigenvalue weighted by atomic mass is 9.74. The standard InChI is InChI=1S/C16H28N2/c1-4-9-16(10-5-2,14-18-11-6-3)15-8-7-12-17-13-15/h7-8,12-13,18H,4-6,9-11,14H2,1-3H3. The summed E-state index contributed by atoms with van der Waals surface area (Å²) in [5.41, 5.74) is 1.67. The lowest BCUT2D eigenvalue weighted by Crippen LogP contribution is -2.38. The van der Waals surface area contributed by atoms with Gasteiger partial charge in [-0.2, -0.15) is 0 Å². The van der Waals surface area contributed by atoms with Crippen molar-refractivity contribution in [3.05, 3.63) is 30.1 Å². The highest BCUT2D eigenvalue weighted by Gasteiger charge is 2.30. The topological polar surface area (TPSA) is 24.9 Å². The van der Waals surface area contributed by atoms with Crippen LogP contribution < -0.4 is 5.32 Å². The van der Waals surface area contributed by atoms with Crippen molar-refractivity contribution in [2.45, 2.75) is 58.3 Å². The van der Waals surface area contributed by atoms with Crippen LogP contribution in [0.2, 0.25) is 0 Å². The maximum Gasteiger partial charge on any atom is 0.0306 e. The molecule has 102 valence electrons. The maximum atomic E-state index is 4.32. The molecule has 0 amide bonds. The zero-order valence-electron chi connectivity index (χ0n) is 12.2. The van der Waals surface area contributed by atoms with Gasteiger partial charge in [-0.15, -0.1) is 0 Å². The fraction of sp³-hybridized carbons (Fsp3) is 0.688. The second-order valence-electron chi connectivity index (χ2n) is 5.20. The van der Waals surface area contributed by atoms with Crippen LogP contribution in [0.4, 0.5) is 0 Å². The van der Waals surface area contributed by atoms with E-state index in [-0.39, 0.29) is 5.41 Å². The Morgan fingerprint density at radius 1 is 1.11 bits per heavy atom. The van der Waals surface area contributed by atoms with E-state index in [1.54, 1.807) is 0 Å². The fourth-order valence-corrected chi connectivity index (χ4v) is 2.83. The first-order valence-electron chi connectivity index (χ1n) is 7.40. The van der Waals surface area contributed by atoms with Crippen LogP contribution in [0.5, 0.6) is 0 Å². The Labute approximate surface area is 112 Å². The number of rotatable bonds is 9. The minimum atomic E-state index is 0.271. The summed E-state index contributed by atoms with van der Waals surface area (Å²) in [4.78, 5) is 4.32. The monoisotopic (exact) mass is 248 g/mol. The molecule has 0 saturated heterocycles. The molecule has 0 aliphatic carbocycles. The Balaban J connectivity index is 2.89. The first kappa shape index (κ1) is 15.2. The van der Waals surface area contributed by atoms with Gasteiger partial charge >= 0.3 is 0 Å². The van der Waals surface area contributed by atoms with E-state index in [1.165, 1.54) is 37.7 Å². The van der Waals surface area contributed by atoms with E-state index < -0.39 is 0 Å². The van der Waals surface area contributed by atoms with Crippen molar-refractivity contribution in [2.75, 3.05) is 13.1 Å². The first-order valence-corrected chi connectivity index (χ1v) is 7.40. The largest absolute Gasteiger partial charge is 0.316 e. The van der Waals surface area contributed by atoms with Crippen LogP contribution in [0.1, 0.15) is 58.4 Å². The molecule has 1 aromatic rings. The summed E-state index contributed by atoms with van der Waals surface area (Å²) in [6.45, 7) is 8.96. The second kappa shape index (κ2) is 8.25. The van der Waals surface area contributed by atoms with Crippen molar-refractivity contribution in [2.24, 2.45) is 0 Å². The summed E-state index contributed by atoms with van der Waals surface area (Å²) >= 11 is 0. The van der Waals surface area contributed by atoms with Crippen molar-refractivity contribution in [1.29, 1.82) is 0 Å². The maximum absolute atomic E-state index is 4.32. The van der Waals surface area contributed by atoms with Gasteiger partial charge in [0.1, 0.15) is 0 Å². The smallest absolute Gasteiger partial charge is 0.0306 e. The Morgan fingerprint density at radius 3 is 2.33 bits per heavy atom. The number of nitrogens with zero attached hydrogens (tertiary/aromatic N) is 1. The van der Waals surface area contributed by atoms with Gasteiger partial charge < -0.3 is 5.32 Å². The molecule has 0 aliphatic heterocycles. The average Bonchev–Trinajstić information content (AvgIpc) is 2.40. The minimum Gasteiger partial charge on any atom is -0.316 e. The van der Waals surface area contributed by atoms with E-state index in [0.717, 1.165) is 13.1 Å². The third kappa shape index (κ3) is 4.09. The van der Waals surface area contributed by atoms with Crippen LogP contribution in [0.15, 0.2) is 24.5 Å². The van der Waals surface area contributed by atoms with Crippen molar-refractivity contribution >= 4 is 0 Å². The Kier molecular flexibility index (Phi) is 6.96. The molecule has 1 N–H and O–H groups in total. The summed E-state index contributed by atoms with van der Waals surface area (Å²) in [6.07, 6.45) is 10.0. The molecule has 0 aromatic carbocycles. The van der Waals surface area contributed by atoms with Crippen molar-refractivity contribution in [3.8, 4) is 0 Å². The predicted octanol–water partition coefficient (Wildman–Crippen LogP) is 3.92. The molecule has 0 bridgehead atoms. The number of pyridine rings is 1. The Hall–Kier alpha value is -0.890. The van der Waals surface area contributed by atoms with Gasteiger partial charge in [0, 0.05) is 24.4 Å². The molecular formula is C16H28N2. The fourth-order valence-electron chi connectivity index (χ4n) is 2.83. The molecule has 1 rings (SSSR count). The van der Waals surface area contributed by atoms with Crippen LogP contribution in [-0.4, -0.2) is 18.1 Å². The molecule has 18 heavy (non-hydrogen) atoms. The van der Waals surface area contributed by atoms with Gasteiger partial charge in [-0.3, -0.25) is 4.98 Å². The van der Waals surface area contributed by atoms with E-state index >= 15 is 0 Å². The third-order valence-corrected chi connectivity index (χ3v) is 3.62. The van der Waals surface area contributed by atoms with Gasteiger partial charge in [-0.05, 0) is 37.4 Å². The molecule has 0 radical (unpaired) electrons. The number of hydrogen-bond acceptors (Lipinski definition) is 2. The Bertz CT molecular complexity index is 302. The Morgan fingerprint density at radius 2 is 1.83 bits per heavy atom. The molecular weight excluding hydrogens is 220 g/mol. The van der Waals surface area contributed by atoms with E-state index in [1.807, 2.05) is 6.20 Å². The van der Waals surface area contributed by atoms with Gasteiger partial charge in [0.25, 0.3) is 0 Å². The summed E-state index contributed by atoms with van der Waals surface area (Å²) in [7, 11) is 0. The van der Waals surface area contributed by atoms with Crippen molar-refractivity contribution in [3.63, 3.8) is 0 Å². The lowest BCUT2D eigenvalue weighted by Gasteiger charge is -2.34. The molecule has 2 nitrogen and oxygen atoms in total. The SMILES string of the molecule is CCCNCC(CCC)(CCC)c1cccnc1. The zero-order valence-corrected chi connectivity index (χ0v) is 12.2. The highest BCUT2D eigenvalue weighted by atomic mass is 14.9. The van der Waals surface area contributed by atoms with Gasteiger partial charge in [0.15, 0.2) is 0 Å². The zero-order chi connectivity index (χ0) is 13.3. The molecule has 0 spiro atoms. The van der Waals surface area contributed by atoms with Gasteiger partial charge in [0.05, 0.1) is 0 Å². The van der Waals surface area contributed by atoms with E-state index in [0.29, 0.717) is 0 Å². The van der Waals surface area contributed by atoms with Crippen LogP contribution in [0.25, 0.3) is 0 Å². The third-order valence-electron chi connectivity index (χ3n) is 3.62. The van der Waals surface area contributed by atoms with Crippen LogP contribution >= 0.6 is 0 Å². The normalized spacial score (nSPS) is 11.7. The highest BCUT2D eigenvalue weighted by molar-refractivity contribution is 5.22. The van der Waals surface area contributed by atoms with Gasteiger partial charge in [0.2, 0.25) is 0 Å². The lowest BCUT2D eigenvalue weighted by molar-refractivity contribution is 0.334. The minimum absolute atomic E-state index is 0.271. The number of nitrogens with one attached hydrogen (secondary N) is 1. The molecule has 1 heterocycles. The highest BCUT2D eigenvalue weighted by Crippen LogP contribution is 2.33. The van der Waals surface area contributed by atoms with Crippen LogP contribution in [0, 0.1) is 0 Å². The molecule has 0 aliphatic rings. The van der Waals surface area contributed by atoms with Crippen molar-refractivity contribution in [1.82, 2.24) is 10.3 Å². The molecule has 0 atom stereocenters. The van der Waals surface area contributed by atoms with E-state index in [2.05, 4.69) is 49.4 Å².